The summed E-state index contributed by atoms with van der Waals surface area (Å²) in [5.41, 5.74) is 2.03. The molecule has 3 rings (SSSR count). The summed E-state index contributed by atoms with van der Waals surface area (Å²) in [5, 5.41) is 10.2. The van der Waals surface area contributed by atoms with Crippen LogP contribution in [-0.4, -0.2) is 15.9 Å². The number of aromatic nitrogens is 1. The molecule has 1 heterocycles. The lowest BCUT2D eigenvalue weighted by Gasteiger charge is -2.01. The predicted molar refractivity (Wildman–Crippen MR) is 69.8 cm³/mol. The summed E-state index contributed by atoms with van der Waals surface area (Å²) >= 11 is 0. The Hall–Kier alpha value is -2.55. The molecule has 88 valence electrons. The molecule has 0 spiro atoms. The Morgan fingerprint density at radius 3 is 2.50 bits per heavy atom. The lowest BCUT2D eigenvalue weighted by Crippen LogP contribution is -2.00. The number of aromatic hydroxyl groups is 1. The Bertz CT molecular complexity index is 714. The van der Waals surface area contributed by atoms with E-state index in [9.17, 15) is 9.90 Å². The third-order valence-electron chi connectivity index (χ3n) is 2.91. The number of aromatic amines is 1. The van der Waals surface area contributed by atoms with Gasteiger partial charge < -0.3 is 10.1 Å². The van der Waals surface area contributed by atoms with Crippen LogP contribution in [0, 0.1) is 0 Å². The van der Waals surface area contributed by atoms with Crippen molar-refractivity contribution in [3.05, 3.63) is 65.7 Å². The molecule has 1 aromatic heterocycles. The van der Waals surface area contributed by atoms with Crippen molar-refractivity contribution in [2.24, 2.45) is 0 Å². The number of nitrogens with one attached hydrogen (secondary N) is 1. The molecule has 0 aliphatic heterocycles. The highest BCUT2D eigenvalue weighted by atomic mass is 16.3. The normalized spacial score (nSPS) is 10.7. The van der Waals surface area contributed by atoms with E-state index >= 15 is 0 Å². The largest absolute Gasteiger partial charge is 0.495 e. The molecule has 0 amide bonds. The summed E-state index contributed by atoms with van der Waals surface area (Å²) in [5.74, 6) is 0.0842. The fraction of sp³-hybridized carbons (Fsp3) is 0. The monoisotopic (exact) mass is 237 g/mol. The molecule has 0 bridgehead atoms. The molecule has 18 heavy (non-hydrogen) atoms. The van der Waals surface area contributed by atoms with Crippen LogP contribution in [0.15, 0.2) is 54.6 Å². The second-order valence-electron chi connectivity index (χ2n) is 4.15. The first-order valence-electron chi connectivity index (χ1n) is 5.65. The molecular formula is C15H11NO2. The minimum atomic E-state index is -0.0217. The summed E-state index contributed by atoms with van der Waals surface area (Å²) in [7, 11) is 0. The lowest BCUT2D eigenvalue weighted by atomic mass is 10.0. The molecule has 2 N–H and O–H groups in total. The molecule has 3 aromatic rings. The number of benzene rings is 2. The number of rotatable bonds is 2. The van der Waals surface area contributed by atoms with Gasteiger partial charge in [-0.25, -0.2) is 0 Å². The van der Waals surface area contributed by atoms with Crippen molar-refractivity contribution in [1.29, 1.82) is 0 Å². The molecule has 0 aliphatic rings. The van der Waals surface area contributed by atoms with Gasteiger partial charge in [0.15, 0.2) is 11.7 Å². The van der Waals surface area contributed by atoms with Gasteiger partial charge in [0, 0.05) is 28.1 Å². The Labute approximate surface area is 104 Å². The number of ketones is 1. The molecule has 0 atom stereocenters. The van der Waals surface area contributed by atoms with Crippen molar-refractivity contribution in [1.82, 2.24) is 4.98 Å². The van der Waals surface area contributed by atoms with Crippen molar-refractivity contribution >= 4 is 16.7 Å². The van der Waals surface area contributed by atoms with Gasteiger partial charge >= 0.3 is 0 Å². The first kappa shape index (κ1) is 10.6. The van der Waals surface area contributed by atoms with Crippen molar-refractivity contribution in [3.8, 4) is 5.88 Å². The molecular weight excluding hydrogens is 226 g/mol. The molecule has 0 saturated carbocycles. The van der Waals surface area contributed by atoms with Gasteiger partial charge in [0.05, 0.1) is 0 Å². The van der Waals surface area contributed by atoms with Gasteiger partial charge in [-0.2, -0.15) is 0 Å². The van der Waals surface area contributed by atoms with Crippen LogP contribution in [0.2, 0.25) is 0 Å². The fourth-order valence-corrected chi connectivity index (χ4v) is 2.01. The van der Waals surface area contributed by atoms with Gasteiger partial charge in [-0.05, 0) is 6.07 Å². The molecule has 3 heteroatoms. The van der Waals surface area contributed by atoms with Crippen LogP contribution in [0.25, 0.3) is 10.9 Å². The molecule has 0 radical (unpaired) electrons. The lowest BCUT2D eigenvalue weighted by molar-refractivity contribution is 0.103. The fourth-order valence-electron chi connectivity index (χ4n) is 2.01. The van der Waals surface area contributed by atoms with Crippen molar-refractivity contribution in [2.75, 3.05) is 0 Å². The van der Waals surface area contributed by atoms with Crippen molar-refractivity contribution < 1.29 is 9.90 Å². The molecule has 0 saturated heterocycles. The number of hydrogen-bond donors (Lipinski definition) is 2. The minimum absolute atomic E-state index is 0.0217. The number of carbonyl (C=O) groups is 1. The second kappa shape index (κ2) is 4.04. The van der Waals surface area contributed by atoms with E-state index in [4.69, 9.17) is 0 Å². The highest BCUT2D eigenvalue weighted by Gasteiger charge is 2.09. The van der Waals surface area contributed by atoms with Crippen LogP contribution in [0.3, 0.4) is 0 Å². The third kappa shape index (κ3) is 1.76. The second-order valence-corrected chi connectivity index (χ2v) is 4.15. The van der Waals surface area contributed by atoms with E-state index in [2.05, 4.69) is 4.98 Å². The number of H-pyrrole nitrogens is 1. The number of hydrogen-bond acceptors (Lipinski definition) is 2. The van der Waals surface area contributed by atoms with Crippen LogP contribution < -0.4 is 0 Å². The first-order chi connectivity index (χ1) is 8.74. The van der Waals surface area contributed by atoms with Gasteiger partial charge in [0.2, 0.25) is 0 Å². The maximum absolute atomic E-state index is 12.2. The van der Waals surface area contributed by atoms with Crippen LogP contribution >= 0.6 is 0 Å². The highest BCUT2D eigenvalue weighted by Crippen LogP contribution is 2.21. The first-order valence-corrected chi connectivity index (χ1v) is 5.65. The minimum Gasteiger partial charge on any atom is -0.495 e. The Balaban J connectivity index is 2.06. The maximum atomic E-state index is 12.2. The Morgan fingerprint density at radius 1 is 0.944 bits per heavy atom. The summed E-state index contributed by atoms with van der Waals surface area (Å²) in [6, 6.07) is 16.1. The zero-order chi connectivity index (χ0) is 12.5. The van der Waals surface area contributed by atoms with Gasteiger partial charge in [-0.3, -0.25) is 4.79 Å². The van der Waals surface area contributed by atoms with Gasteiger partial charge in [-0.15, -0.1) is 0 Å². The molecule has 2 aromatic carbocycles. The molecule has 3 nitrogen and oxygen atoms in total. The number of carbonyl (C=O) groups excluding carboxylic acids is 1. The molecule has 0 unspecified atom stereocenters. The van der Waals surface area contributed by atoms with E-state index < -0.39 is 0 Å². The van der Waals surface area contributed by atoms with E-state index in [0.717, 1.165) is 10.9 Å². The molecule has 0 aliphatic carbocycles. The van der Waals surface area contributed by atoms with Crippen LogP contribution in [0.1, 0.15) is 15.9 Å². The van der Waals surface area contributed by atoms with Crippen molar-refractivity contribution in [3.63, 3.8) is 0 Å². The van der Waals surface area contributed by atoms with Gasteiger partial charge in [-0.1, -0.05) is 42.5 Å². The zero-order valence-electron chi connectivity index (χ0n) is 9.55. The number of fused-ring (bicyclic) bond motifs is 1. The average Bonchev–Trinajstić information content (AvgIpc) is 2.78. The zero-order valence-corrected chi connectivity index (χ0v) is 9.55. The standard InChI is InChI=1S/C15H11NO2/c17-14-9-11-6-7-12(8-13(11)16-14)15(18)10-4-2-1-3-5-10/h1-9,16-17H. The Kier molecular flexibility index (Phi) is 2.38. The summed E-state index contributed by atoms with van der Waals surface area (Å²) in [4.78, 5) is 15.0. The molecule has 0 fully saturated rings. The van der Waals surface area contributed by atoms with E-state index in [0.29, 0.717) is 11.1 Å². The van der Waals surface area contributed by atoms with Crippen LogP contribution in [-0.2, 0) is 0 Å². The van der Waals surface area contributed by atoms with E-state index in [1.54, 1.807) is 30.3 Å². The summed E-state index contributed by atoms with van der Waals surface area (Å²) < 4.78 is 0. The van der Waals surface area contributed by atoms with Gasteiger partial charge in [0.1, 0.15) is 0 Å². The third-order valence-corrected chi connectivity index (χ3v) is 2.91. The smallest absolute Gasteiger partial charge is 0.193 e. The highest BCUT2D eigenvalue weighted by molar-refractivity contribution is 6.10. The van der Waals surface area contributed by atoms with E-state index in [1.807, 2.05) is 24.3 Å². The van der Waals surface area contributed by atoms with Gasteiger partial charge in [0.25, 0.3) is 0 Å². The summed E-state index contributed by atoms with van der Waals surface area (Å²) in [6.07, 6.45) is 0. The van der Waals surface area contributed by atoms with Crippen molar-refractivity contribution in [2.45, 2.75) is 0 Å². The SMILES string of the molecule is O=C(c1ccccc1)c1ccc2cc(O)[nH]c2c1. The predicted octanol–water partition coefficient (Wildman–Crippen LogP) is 3.10. The van der Waals surface area contributed by atoms with E-state index in [-0.39, 0.29) is 11.7 Å². The van der Waals surface area contributed by atoms with Crippen LogP contribution in [0.5, 0.6) is 5.88 Å². The Morgan fingerprint density at radius 2 is 1.72 bits per heavy atom. The topological polar surface area (TPSA) is 53.1 Å². The summed E-state index contributed by atoms with van der Waals surface area (Å²) in [6.45, 7) is 0. The quantitative estimate of drug-likeness (QED) is 0.673. The van der Waals surface area contributed by atoms with Crippen LogP contribution in [0.4, 0.5) is 0 Å². The average molecular weight is 237 g/mol. The maximum Gasteiger partial charge on any atom is 0.193 e. The van der Waals surface area contributed by atoms with E-state index in [1.165, 1.54) is 0 Å².